The third-order valence-corrected chi connectivity index (χ3v) is 1.93. The summed E-state index contributed by atoms with van der Waals surface area (Å²) in [6.45, 7) is 7.43. The molecule has 1 aromatic heterocycles. The molecule has 1 aromatic rings. The molecule has 16 heavy (non-hydrogen) atoms. The predicted molar refractivity (Wildman–Crippen MR) is 60.9 cm³/mol. The van der Waals surface area contributed by atoms with Gasteiger partial charge in [0.05, 0.1) is 11.3 Å². The molecule has 4 heteroatoms. The van der Waals surface area contributed by atoms with Gasteiger partial charge in [-0.3, -0.25) is 4.79 Å². The molecule has 4 nitrogen and oxygen atoms in total. The summed E-state index contributed by atoms with van der Waals surface area (Å²) in [4.78, 5) is 15.8. The van der Waals surface area contributed by atoms with Crippen LogP contribution in [-0.2, 0) is 0 Å². The zero-order valence-electron chi connectivity index (χ0n) is 9.96. The molecule has 0 spiro atoms. The van der Waals surface area contributed by atoms with Gasteiger partial charge in [0, 0.05) is 5.54 Å². The van der Waals surface area contributed by atoms with Crippen LogP contribution in [0, 0.1) is 18.3 Å². The lowest BCUT2D eigenvalue weighted by Crippen LogP contribution is -2.41. The van der Waals surface area contributed by atoms with E-state index in [1.807, 2.05) is 26.8 Å². The first-order valence-electron chi connectivity index (χ1n) is 5.04. The molecular weight excluding hydrogens is 202 g/mol. The highest BCUT2D eigenvalue weighted by Crippen LogP contribution is 2.07. The van der Waals surface area contributed by atoms with E-state index in [2.05, 4.69) is 10.3 Å². The Labute approximate surface area is 95.3 Å². The van der Waals surface area contributed by atoms with Crippen molar-refractivity contribution < 1.29 is 4.79 Å². The van der Waals surface area contributed by atoms with E-state index in [1.54, 1.807) is 19.1 Å². The second-order valence-corrected chi connectivity index (χ2v) is 4.65. The zero-order chi connectivity index (χ0) is 12.3. The molecule has 1 heterocycles. The molecule has 0 aliphatic carbocycles. The third-order valence-electron chi connectivity index (χ3n) is 1.93. The number of hydrogen-bond donors (Lipinski definition) is 1. The smallest absolute Gasteiger partial charge is 0.270 e. The second-order valence-electron chi connectivity index (χ2n) is 4.65. The molecule has 0 unspecified atom stereocenters. The Kier molecular flexibility index (Phi) is 3.28. The number of carbonyl (C=O) groups is 1. The van der Waals surface area contributed by atoms with E-state index in [0.717, 1.165) is 0 Å². The van der Waals surface area contributed by atoms with Crippen LogP contribution in [0.2, 0.25) is 0 Å². The molecule has 1 rings (SSSR count). The van der Waals surface area contributed by atoms with Gasteiger partial charge in [-0.15, -0.1) is 0 Å². The first-order chi connectivity index (χ1) is 7.33. The Hall–Kier alpha value is -1.89. The first-order valence-corrected chi connectivity index (χ1v) is 5.04. The molecule has 0 aliphatic heterocycles. The van der Waals surface area contributed by atoms with E-state index in [1.165, 1.54) is 0 Å². The topological polar surface area (TPSA) is 65.8 Å². The summed E-state index contributed by atoms with van der Waals surface area (Å²) in [5.74, 6) is -0.222. The van der Waals surface area contributed by atoms with Gasteiger partial charge >= 0.3 is 0 Å². The lowest BCUT2D eigenvalue weighted by Gasteiger charge is -2.20. The van der Waals surface area contributed by atoms with Crippen molar-refractivity contribution in [3.63, 3.8) is 0 Å². The van der Waals surface area contributed by atoms with Gasteiger partial charge in [0.15, 0.2) is 0 Å². The van der Waals surface area contributed by atoms with Crippen molar-refractivity contribution in [1.29, 1.82) is 5.26 Å². The Balaban J connectivity index is 2.95. The van der Waals surface area contributed by atoms with Gasteiger partial charge in [-0.25, -0.2) is 4.98 Å². The van der Waals surface area contributed by atoms with Crippen LogP contribution in [0.25, 0.3) is 0 Å². The number of aromatic nitrogens is 1. The number of rotatable bonds is 1. The van der Waals surface area contributed by atoms with E-state index >= 15 is 0 Å². The quantitative estimate of drug-likeness (QED) is 0.779. The van der Waals surface area contributed by atoms with Crippen LogP contribution in [0.5, 0.6) is 0 Å². The zero-order valence-corrected chi connectivity index (χ0v) is 9.96. The number of amides is 1. The van der Waals surface area contributed by atoms with Gasteiger partial charge < -0.3 is 5.32 Å². The monoisotopic (exact) mass is 217 g/mol. The normalized spacial score (nSPS) is 10.7. The summed E-state index contributed by atoms with van der Waals surface area (Å²) in [5.41, 5.74) is 1.11. The first kappa shape index (κ1) is 12.2. The van der Waals surface area contributed by atoms with Gasteiger partial charge in [-0.2, -0.15) is 5.26 Å². The molecule has 1 N–H and O–H groups in total. The van der Waals surface area contributed by atoms with Gasteiger partial charge in [0.25, 0.3) is 5.91 Å². The van der Waals surface area contributed by atoms with Crippen molar-refractivity contribution in [2.45, 2.75) is 33.2 Å². The number of hydrogen-bond acceptors (Lipinski definition) is 3. The number of nitriles is 1. The number of nitrogens with one attached hydrogen (secondary N) is 1. The molecular formula is C12H15N3O. The highest BCUT2D eigenvalue weighted by Gasteiger charge is 2.16. The minimum Gasteiger partial charge on any atom is -0.346 e. The van der Waals surface area contributed by atoms with Crippen molar-refractivity contribution in [3.05, 3.63) is 29.1 Å². The number of pyridine rings is 1. The van der Waals surface area contributed by atoms with Crippen molar-refractivity contribution in [2.24, 2.45) is 0 Å². The number of aryl methyl sites for hydroxylation is 1. The maximum atomic E-state index is 11.8. The SMILES string of the molecule is Cc1nc(C(=O)NC(C)(C)C)ccc1C#N. The van der Waals surface area contributed by atoms with E-state index < -0.39 is 0 Å². The standard InChI is InChI=1S/C12H15N3O/c1-8-9(7-13)5-6-10(14-8)11(16)15-12(2,3)4/h5-6H,1-4H3,(H,15,16). The van der Waals surface area contributed by atoms with Crippen molar-refractivity contribution in [2.75, 3.05) is 0 Å². The molecule has 0 atom stereocenters. The van der Waals surface area contributed by atoms with Crippen LogP contribution in [0.3, 0.4) is 0 Å². The molecule has 0 radical (unpaired) electrons. The molecule has 0 fully saturated rings. The third kappa shape index (κ3) is 3.06. The molecule has 0 bridgehead atoms. The molecule has 84 valence electrons. The average Bonchev–Trinajstić information content (AvgIpc) is 2.15. The van der Waals surface area contributed by atoms with Crippen LogP contribution in [0.4, 0.5) is 0 Å². The highest BCUT2D eigenvalue weighted by molar-refractivity contribution is 5.92. The molecule has 1 amide bonds. The summed E-state index contributed by atoms with van der Waals surface area (Å²) in [6, 6.07) is 5.19. The summed E-state index contributed by atoms with van der Waals surface area (Å²) in [5, 5.41) is 11.6. The maximum absolute atomic E-state index is 11.8. The van der Waals surface area contributed by atoms with Gasteiger partial charge in [0.2, 0.25) is 0 Å². The molecule has 0 aromatic carbocycles. The van der Waals surface area contributed by atoms with Crippen molar-refractivity contribution in [3.8, 4) is 6.07 Å². The van der Waals surface area contributed by atoms with Crippen LogP contribution < -0.4 is 5.32 Å². The Morgan fingerprint density at radius 2 is 2.06 bits per heavy atom. The average molecular weight is 217 g/mol. The fourth-order valence-electron chi connectivity index (χ4n) is 1.21. The van der Waals surface area contributed by atoms with Crippen molar-refractivity contribution >= 4 is 5.91 Å². The Morgan fingerprint density at radius 1 is 1.44 bits per heavy atom. The van der Waals surface area contributed by atoms with E-state index in [0.29, 0.717) is 17.0 Å². The van der Waals surface area contributed by atoms with E-state index in [4.69, 9.17) is 5.26 Å². The summed E-state index contributed by atoms with van der Waals surface area (Å²) in [7, 11) is 0. The molecule has 0 saturated carbocycles. The fraction of sp³-hybridized carbons (Fsp3) is 0.417. The second kappa shape index (κ2) is 4.31. The molecule has 0 aliphatic rings. The lowest BCUT2D eigenvalue weighted by molar-refractivity contribution is 0.0914. The summed E-state index contributed by atoms with van der Waals surface area (Å²) in [6.07, 6.45) is 0. The van der Waals surface area contributed by atoms with Crippen LogP contribution in [0.1, 0.15) is 42.5 Å². The van der Waals surface area contributed by atoms with E-state index in [9.17, 15) is 4.79 Å². The Bertz CT molecular complexity index is 452. The minimum atomic E-state index is -0.291. The molecule has 0 saturated heterocycles. The van der Waals surface area contributed by atoms with Crippen molar-refractivity contribution in [1.82, 2.24) is 10.3 Å². The highest BCUT2D eigenvalue weighted by atomic mass is 16.2. The number of carbonyl (C=O) groups excluding carboxylic acids is 1. The van der Waals surface area contributed by atoms with Gasteiger partial charge in [-0.1, -0.05) is 0 Å². The van der Waals surface area contributed by atoms with Gasteiger partial charge in [-0.05, 0) is 39.8 Å². The van der Waals surface area contributed by atoms with E-state index in [-0.39, 0.29) is 11.4 Å². The fourth-order valence-corrected chi connectivity index (χ4v) is 1.21. The van der Waals surface area contributed by atoms with Crippen LogP contribution in [-0.4, -0.2) is 16.4 Å². The van der Waals surface area contributed by atoms with Crippen LogP contribution >= 0.6 is 0 Å². The minimum absolute atomic E-state index is 0.222. The lowest BCUT2D eigenvalue weighted by atomic mass is 10.1. The predicted octanol–water partition coefficient (Wildman–Crippen LogP) is 1.79. The summed E-state index contributed by atoms with van der Waals surface area (Å²) < 4.78 is 0. The maximum Gasteiger partial charge on any atom is 0.270 e. The Morgan fingerprint density at radius 3 is 2.50 bits per heavy atom. The van der Waals surface area contributed by atoms with Crippen LogP contribution in [0.15, 0.2) is 12.1 Å². The number of nitrogens with zero attached hydrogens (tertiary/aromatic N) is 2. The largest absolute Gasteiger partial charge is 0.346 e. The summed E-state index contributed by atoms with van der Waals surface area (Å²) >= 11 is 0. The van der Waals surface area contributed by atoms with Gasteiger partial charge in [0.1, 0.15) is 11.8 Å².